The first-order chi connectivity index (χ1) is 12.0. The Balaban J connectivity index is 2.86. The van der Waals surface area contributed by atoms with E-state index < -0.39 is 5.97 Å². The summed E-state index contributed by atoms with van der Waals surface area (Å²) in [5.74, 6) is 1.04. The molecule has 136 valence electrons. The average molecular weight is 347 g/mol. The van der Waals surface area contributed by atoms with Gasteiger partial charge in [0.2, 0.25) is 0 Å². The summed E-state index contributed by atoms with van der Waals surface area (Å²) in [7, 11) is 3.05. The second kappa shape index (κ2) is 11.1. The molecule has 6 nitrogen and oxygen atoms in total. The van der Waals surface area contributed by atoms with Crippen molar-refractivity contribution in [3.8, 4) is 17.6 Å². The number of esters is 1. The van der Waals surface area contributed by atoms with Gasteiger partial charge in [0.05, 0.1) is 20.3 Å². The van der Waals surface area contributed by atoms with E-state index >= 15 is 0 Å². The summed E-state index contributed by atoms with van der Waals surface area (Å²) in [4.78, 5) is 11.9. The normalized spacial score (nSPS) is 11.1. The maximum Gasteiger partial charge on any atom is 0.348 e. The standard InChI is InChI=1S/C19H25NO5/c1-14(2)7-8-24-17-6-5-15(12-18(17)23-4)11-16(13-20)19(21)25-10-9-22-3/h5-6,11-12,14H,7-10H2,1-4H3/b16-11+. The van der Waals surface area contributed by atoms with E-state index in [1.807, 2.05) is 6.07 Å². The second-order valence-corrected chi connectivity index (χ2v) is 5.74. The molecule has 0 aromatic heterocycles. The van der Waals surface area contributed by atoms with E-state index in [-0.39, 0.29) is 18.8 Å². The molecule has 0 atom stereocenters. The fourth-order valence-electron chi connectivity index (χ4n) is 1.90. The number of carbonyl (C=O) groups is 1. The summed E-state index contributed by atoms with van der Waals surface area (Å²) in [6.45, 7) is 5.23. The minimum atomic E-state index is -0.684. The van der Waals surface area contributed by atoms with Crippen LogP contribution in [-0.2, 0) is 14.3 Å². The van der Waals surface area contributed by atoms with Crippen molar-refractivity contribution in [3.05, 3.63) is 29.3 Å². The van der Waals surface area contributed by atoms with E-state index in [1.165, 1.54) is 13.2 Å². The third-order valence-corrected chi connectivity index (χ3v) is 3.31. The average Bonchev–Trinajstić information content (AvgIpc) is 2.60. The summed E-state index contributed by atoms with van der Waals surface area (Å²) in [5, 5.41) is 9.16. The molecule has 0 unspecified atom stereocenters. The molecule has 1 aromatic rings. The fraction of sp³-hybridized carbons (Fsp3) is 0.474. The Labute approximate surface area is 148 Å². The number of nitrogens with zero attached hydrogens (tertiary/aromatic N) is 1. The first-order valence-electron chi connectivity index (χ1n) is 8.10. The Kier molecular flexibility index (Phi) is 9.12. The molecule has 0 saturated heterocycles. The number of rotatable bonds is 10. The van der Waals surface area contributed by atoms with E-state index in [0.29, 0.717) is 29.6 Å². The highest BCUT2D eigenvalue weighted by Gasteiger charge is 2.12. The van der Waals surface area contributed by atoms with Gasteiger partial charge in [-0.2, -0.15) is 5.26 Å². The monoisotopic (exact) mass is 347 g/mol. The number of benzene rings is 1. The highest BCUT2D eigenvalue weighted by atomic mass is 16.6. The molecule has 0 saturated carbocycles. The molecule has 0 radical (unpaired) electrons. The van der Waals surface area contributed by atoms with Gasteiger partial charge in [-0.25, -0.2) is 4.79 Å². The van der Waals surface area contributed by atoms with Crippen LogP contribution < -0.4 is 9.47 Å². The molecule has 0 N–H and O–H groups in total. The van der Waals surface area contributed by atoms with Crippen molar-refractivity contribution in [2.24, 2.45) is 5.92 Å². The predicted octanol–water partition coefficient (Wildman–Crippen LogP) is 3.22. The molecular formula is C19H25NO5. The maximum absolute atomic E-state index is 11.9. The van der Waals surface area contributed by atoms with Crippen LogP contribution in [0.1, 0.15) is 25.8 Å². The van der Waals surface area contributed by atoms with Crippen LogP contribution in [0, 0.1) is 17.2 Å². The molecule has 0 bridgehead atoms. The number of ether oxygens (including phenoxy) is 4. The van der Waals surface area contributed by atoms with E-state index in [4.69, 9.17) is 24.2 Å². The molecular weight excluding hydrogens is 322 g/mol. The Morgan fingerprint density at radius 2 is 1.96 bits per heavy atom. The second-order valence-electron chi connectivity index (χ2n) is 5.74. The number of carbonyl (C=O) groups excluding carboxylic acids is 1. The van der Waals surface area contributed by atoms with Gasteiger partial charge in [0.15, 0.2) is 11.5 Å². The number of nitriles is 1. The van der Waals surface area contributed by atoms with E-state index in [2.05, 4.69) is 13.8 Å². The number of hydrogen-bond acceptors (Lipinski definition) is 6. The minimum Gasteiger partial charge on any atom is -0.493 e. The van der Waals surface area contributed by atoms with Crippen LogP contribution >= 0.6 is 0 Å². The summed E-state index contributed by atoms with van der Waals surface area (Å²) in [5.41, 5.74) is 0.555. The van der Waals surface area contributed by atoms with Crippen molar-refractivity contribution in [2.75, 3.05) is 34.0 Å². The third kappa shape index (κ3) is 7.27. The zero-order chi connectivity index (χ0) is 18.7. The van der Waals surface area contributed by atoms with Gasteiger partial charge >= 0.3 is 5.97 Å². The van der Waals surface area contributed by atoms with Crippen molar-refractivity contribution < 1.29 is 23.7 Å². The SMILES string of the molecule is COCCOC(=O)/C(C#N)=C/c1ccc(OCCC(C)C)c(OC)c1. The zero-order valence-electron chi connectivity index (χ0n) is 15.2. The number of methoxy groups -OCH3 is 2. The Bertz CT molecular complexity index is 631. The number of hydrogen-bond donors (Lipinski definition) is 0. The molecule has 0 fully saturated rings. The highest BCUT2D eigenvalue weighted by Crippen LogP contribution is 2.29. The van der Waals surface area contributed by atoms with Crippen LogP contribution in [0.3, 0.4) is 0 Å². The molecule has 1 aromatic carbocycles. The molecule has 25 heavy (non-hydrogen) atoms. The minimum absolute atomic E-state index is 0.0911. The predicted molar refractivity (Wildman–Crippen MR) is 94.4 cm³/mol. The van der Waals surface area contributed by atoms with Gasteiger partial charge in [-0.1, -0.05) is 19.9 Å². The van der Waals surface area contributed by atoms with Crippen LogP contribution in [0.2, 0.25) is 0 Å². The molecule has 1 rings (SSSR count). The largest absolute Gasteiger partial charge is 0.493 e. The summed E-state index contributed by atoms with van der Waals surface area (Å²) in [6, 6.07) is 7.08. The van der Waals surface area contributed by atoms with E-state index in [0.717, 1.165) is 6.42 Å². The van der Waals surface area contributed by atoms with E-state index in [1.54, 1.807) is 25.3 Å². The van der Waals surface area contributed by atoms with E-state index in [9.17, 15) is 4.79 Å². The van der Waals surface area contributed by atoms with Crippen molar-refractivity contribution >= 4 is 12.0 Å². The van der Waals surface area contributed by atoms with Gasteiger partial charge in [0.25, 0.3) is 0 Å². The van der Waals surface area contributed by atoms with Crippen molar-refractivity contribution in [2.45, 2.75) is 20.3 Å². The first-order valence-corrected chi connectivity index (χ1v) is 8.10. The van der Waals surface area contributed by atoms with Gasteiger partial charge < -0.3 is 18.9 Å². The smallest absolute Gasteiger partial charge is 0.348 e. The van der Waals surface area contributed by atoms with Crippen LogP contribution in [0.5, 0.6) is 11.5 Å². The summed E-state index contributed by atoms with van der Waals surface area (Å²) >= 11 is 0. The Morgan fingerprint density at radius 1 is 1.20 bits per heavy atom. The summed E-state index contributed by atoms with van der Waals surface area (Å²) < 4.78 is 20.8. The lowest BCUT2D eigenvalue weighted by atomic mass is 10.1. The molecule has 0 amide bonds. The molecule has 0 aliphatic rings. The topological polar surface area (TPSA) is 77.8 Å². The van der Waals surface area contributed by atoms with Gasteiger partial charge in [0, 0.05) is 7.11 Å². The molecule has 6 heteroatoms. The van der Waals surface area contributed by atoms with Crippen molar-refractivity contribution in [1.29, 1.82) is 5.26 Å². The summed E-state index contributed by atoms with van der Waals surface area (Å²) in [6.07, 6.45) is 2.40. The molecule has 0 aliphatic carbocycles. The molecule has 0 heterocycles. The van der Waals surface area contributed by atoms with Crippen LogP contribution in [0.15, 0.2) is 23.8 Å². The van der Waals surface area contributed by atoms with Crippen molar-refractivity contribution in [1.82, 2.24) is 0 Å². The first kappa shape index (κ1) is 20.5. The maximum atomic E-state index is 11.9. The molecule has 0 aliphatic heterocycles. The van der Waals surface area contributed by atoms with Crippen molar-refractivity contribution in [3.63, 3.8) is 0 Å². The van der Waals surface area contributed by atoms with Gasteiger partial charge in [0.1, 0.15) is 18.2 Å². The van der Waals surface area contributed by atoms with Gasteiger partial charge in [-0.3, -0.25) is 0 Å². The lowest BCUT2D eigenvalue weighted by Gasteiger charge is -2.12. The van der Waals surface area contributed by atoms with Crippen LogP contribution in [0.25, 0.3) is 6.08 Å². The fourth-order valence-corrected chi connectivity index (χ4v) is 1.90. The zero-order valence-corrected chi connectivity index (χ0v) is 15.2. The highest BCUT2D eigenvalue weighted by molar-refractivity contribution is 5.97. The Morgan fingerprint density at radius 3 is 2.56 bits per heavy atom. The third-order valence-electron chi connectivity index (χ3n) is 3.31. The van der Waals surface area contributed by atoms with Crippen LogP contribution in [0.4, 0.5) is 0 Å². The lowest BCUT2D eigenvalue weighted by molar-refractivity contribution is -0.139. The van der Waals surface area contributed by atoms with Crippen LogP contribution in [-0.4, -0.2) is 40.0 Å². The van der Waals surface area contributed by atoms with Gasteiger partial charge in [-0.05, 0) is 36.1 Å². The quantitative estimate of drug-likeness (QED) is 0.280. The lowest BCUT2D eigenvalue weighted by Crippen LogP contribution is -2.11. The van der Waals surface area contributed by atoms with Gasteiger partial charge in [-0.15, -0.1) is 0 Å². The molecule has 0 spiro atoms. The Hall–Kier alpha value is -2.52.